The summed E-state index contributed by atoms with van der Waals surface area (Å²) in [5, 5.41) is 0.871. The molecule has 5 heteroatoms. The summed E-state index contributed by atoms with van der Waals surface area (Å²) >= 11 is 0. The fourth-order valence-electron chi connectivity index (χ4n) is 1.96. The Morgan fingerprint density at radius 2 is 2.05 bits per heavy atom. The third kappa shape index (κ3) is 2.61. The van der Waals surface area contributed by atoms with Gasteiger partial charge < -0.3 is 4.84 Å². The zero-order chi connectivity index (χ0) is 14.7. The number of carbonyl (C=O) groups is 3. The summed E-state index contributed by atoms with van der Waals surface area (Å²) in [6, 6.07) is 6.36. The molecule has 0 aromatic heterocycles. The number of aldehydes is 1. The Hall–Kier alpha value is -2.43. The van der Waals surface area contributed by atoms with Crippen molar-refractivity contribution in [2.45, 2.75) is 13.3 Å². The zero-order valence-corrected chi connectivity index (χ0v) is 11.3. The average molecular weight is 273 g/mol. The predicted octanol–water partition coefficient (Wildman–Crippen LogP) is 2.00. The monoisotopic (exact) mass is 273 g/mol. The van der Waals surface area contributed by atoms with Gasteiger partial charge in [0.05, 0.1) is 11.5 Å². The molecule has 1 amide bonds. The van der Waals surface area contributed by atoms with E-state index in [4.69, 9.17) is 4.84 Å². The summed E-state index contributed by atoms with van der Waals surface area (Å²) in [4.78, 5) is 39.9. The molecule has 1 aliphatic carbocycles. The Balaban J connectivity index is 2.07. The molecular formula is C15H15NO4. The minimum atomic E-state index is -0.526. The van der Waals surface area contributed by atoms with Crippen LogP contribution in [0.1, 0.15) is 34.1 Å². The second-order valence-corrected chi connectivity index (χ2v) is 4.65. The summed E-state index contributed by atoms with van der Waals surface area (Å²) < 4.78 is 0. The van der Waals surface area contributed by atoms with Gasteiger partial charge in [0.2, 0.25) is 0 Å². The largest absolute Gasteiger partial charge is 0.339 e. The molecule has 1 unspecified atom stereocenters. The Kier molecular flexibility index (Phi) is 3.98. The molecule has 2 rings (SSSR count). The quantitative estimate of drug-likeness (QED) is 0.480. The van der Waals surface area contributed by atoms with E-state index in [1.165, 1.54) is 19.2 Å². The van der Waals surface area contributed by atoms with Crippen LogP contribution < -0.4 is 0 Å². The second-order valence-electron chi connectivity index (χ2n) is 4.65. The minimum Gasteiger partial charge on any atom is -0.337 e. The fraction of sp³-hybridized carbons (Fsp3) is 0.267. The van der Waals surface area contributed by atoms with Gasteiger partial charge in [-0.15, -0.1) is 0 Å². The van der Waals surface area contributed by atoms with Crippen molar-refractivity contribution >= 4 is 18.2 Å². The number of allylic oxidation sites excluding steroid dienone is 1. The second kappa shape index (κ2) is 5.69. The van der Waals surface area contributed by atoms with Crippen molar-refractivity contribution in [1.29, 1.82) is 0 Å². The molecule has 0 aliphatic heterocycles. The van der Waals surface area contributed by atoms with Crippen LogP contribution in [0.3, 0.4) is 0 Å². The molecule has 0 spiro atoms. The zero-order valence-electron chi connectivity index (χ0n) is 11.3. The van der Waals surface area contributed by atoms with Gasteiger partial charge in [-0.1, -0.05) is 29.8 Å². The van der Waals surface area contributed by atoms with E-state index in [2.05, 4.69) is 0 Å². The molecule has 1 aliphatic rings. The van der Waals surface area contributed by atoms with Gasteiger partial charge in [-0.2, -0.15) is 5.06 Å². The Morgan fingerprint density at radius 1 is 1.35 bits per heavy atom. The molecule has 0 bridgehead atoms. The molecule has 0 saturated heterocycles. The highest BCUT2D eigenvalue weighted by Gasteiger charge is 2.29. The van der Waals surface area contributed by atoms with Gasteiger partial charge in [-0.3, -0.25) is 9.59 Å². The highest BCUT2D eigenvalue weighted by Crippen LogP contribution is 2.27. The van der Waals surface area contributed by atoms with Crippen molar-refractivity contribution in [3.8, 4) is 0 Å². The lowest BCUT2D eigenvalue weighted by atomic mass is 9.86. The molecule has 1 atom stereocenters. The lowest BCUT2D eigenvalue weighted by molar-refractivity contribution is -0.177. The molecule has 1 aromatic rings. The molecule has 1 aromatic carbocycles. The summed E-state index contributed by atoms with van der Waals surface area (Å²) in [6.45, 7) is 1.85. The first-order chi connectivity index (χ1) is 9.54. The van der Waals surface area contributed by atoms with E-state index < -0.39 is 11.9 Å². The first-order valence-corrected chi connectivity index (χ1v) is 6.25. The Bertz CT molecular complexity index is 591. The van der Waals surface area contributed by atoms with Gasteiger partial charge >= 0.3 is 5.97 Å². The first-order valence-electron chi connectivity index (χ1n) is 6.25. The first kappa shape index (κ1) is 14.0. The molecule has 0 radical (unpaired) electrons. The smallest absolute Gasteiger partial charge is 0.337 e. The van der Waals surface area contributed by atoms with Crippen LogP contribution in [0.25, 0.3) is 0 Å². The Labute approximate surface area is 116 Å². The maximum absolute atomic E-state index is 12.1. The van der Waals surface area contributed by atoms with E-state index in [9.17, 15) is 14.4 Å². The number of nitrogens with zero attached hydrogens (tertiary/aromatic N) is 1. The van der Waals surface area contributed by atoms with Crippen molar-refractivity contribution in [3.05, 3.63) is 47.0 Å². The molecule has 0 fully saturated rings. The maximum atomic E-state index is 12.1. The van der Waals surface area contributed by atoms with Gasteiger partial charge in [0.25, 0.3) is 5.91 Å². The fourth-order valence-corrected chi connectivity index (χ4v) is 1.96. The highest BCUT2D eigenvalue weighted by molar-refractivity contribution is 6.01. The SMILES string of the molecule is CC1=CCC1C(=O)ON(C)C(=O)c1ccccc1C=O. The van der Waals surface area contributed by atoms with Crippen molar-refractivity contribution in [3.63, 3.8) is 0 Å². The third-order valence-corrected chi connectivity index (χ3v) is 3.34. The van der Waals surface area contributed by atoms with E-state index in [0.29, 0.717) is 12.7 Å². The number of amides is 1. The van der Waals surface area contributed by atoms with Crippen LogP contribution in [0.4, 0.5) is 0 Å². The number of hydroxylamine groups is 2. The minimum absolute atomic E-state index is 0.207. The van der Waals surface area contributed by atoms with Crippen LogP contribution in [0.2, 0.25) is 0 Å². The normalized spacial score (nSPS) is 16.7. The summed E-state index contributed by atoms with van der Waals surface area (Å²) in [6.07, 6.45) is 3.18. The number of rotatable bonds is 3. The molecule has 0 saturated carbocycles. The summed E-state index contributed by atoms with van der Waals surface area (Å²) in [5.41, 5.74) is 1.42. The Morgan fingerprint density at radius 3 is 2.60 bits per heavy atom. The topological polar surface area (TPSA) is 63.7 Å². The van der Waals surface area contributed by atoms with Crippen LogP contribution in [0.5, 0.6) is 0 Å². The average Bonchev–Trinajstić information content (AvgIpc) is 2.44. The molecule has 0 N–H and O–H groups in total. The van der Waals surface area contributed by atoms with Crippen molar-refractivity contribution in [1.82, 2.24) is 5.06 Å². The summed E-state index contributed by atoms with van der Waals surface area (Å²) in [5.74, 6) is -1.25. The maximum Gasteiger partial charge on any atom is 0.339 e. The standard InChI is InChI=1S/C15H15NO4/c1-10-7-8-12(10)15(19)20-16(2)14(18)13-6-4-3-5-11(13)9-17/h3-7,9,12H,8H2,1-2H3. The molecular weight excluding hydrogens is 258 g/mol. The van der Waals surface area contributed by atoms with Crippen molar-refractivity contribution in [2.75, 3.05) is 7.05 Å². The van der Waals surface area contributed by atoms with Crippen LogP contribution in [-0.4, -0.2) is 30.3 Å². The van der Waals surface area contributed by atoms with Gasteiger partial charge in [0, 0.05) is 12.6 Å². The van der Waals surface area contributed by atoms with Crippen molar-refractivity contribution in [2.24, 2.45) is 5.92 Å². The molecule has 20 heavy (non-hydrogen) atoms. The van der Waals surface area contributed by atoms with E-state index >= 15 is 0 Å². The van der Waals surface area contributed by atoms with Crippen LogP contribution in [-0.2, 0) is 9.63 Å². The van der Waals surface area contributed by atoms with E-state index in [0.717, 1.165) is 10.6 Å². The van der Waals surface area contributed by atoms with Crippen LogP contribution >= 0.6 is 0 Å². The lowest BCUT2D eigenvalue weighted by Gasteiger charge is -2.25. The lowest BCUT2D eigenvalue weighted by Crippen LogP contribution is -2.34. The highest BCUT2D eigenvalue weighted by atomic mass is 16.7. The molecule has 104 valence electrons. The van der Waals surface area contributed by atoms with E-state index in [1.54, 1.807) is 12.1 Å². The third-order valence-electron chi connectivity index (χ3n) is 3.34. The van der Waals surface area contributed by atoms with Crippen molar-refractivity contribution < 1.29 is 19.2 Å². The number of benzene rings is 1. The van der Waals surface area contributed by atoms with Gasteiger partial charge in [-0.25, -0.2) is 4.79 Å². The van der Waals surface area contributed by atoms with Gasteiger partial charge in [-0.05, 0) is 19.4 Å². The summed E-state index contributed by atoms with van der Waals surface area (Å²) in [7, 11) is 1.36. The van der Waals surface area contributed by atoms with Crippen LogP contribution in [0, 0.1) is 5.92 Å². The van der Waals surface area contributed by atoms with Gasteiger partial charge in [0.15, 0.2) is 6.29 Å². The van der Waals surface area contributed by atoms with Crippen LogP contribution in [0.15, 0.2) is 35.9 Å². The number of hydrogen-bond donors (Lipinski definition) is 0. The number of hydrogen-bond acceptors (Lipinski definition) is 4. The van der Waals surface area contributed by atoms with E-state index in [-0.39, 0.29) is 17.0 Å². The number of carbonyl (C=O) groups excluding carboxylic acids is 3. The molecule has 5 nitrogen and oxygen atoms in total. The molecule has 0 heterocycles. The predicted molar refractivity (Wildman–Crippen MR) is 71.9 cm³/mol. The van der Waals surface area contributed by atoms with E-state index in [1.807, 2.05) is 13.0 Å². The van der Waals surface area contributed by atoms with Gasteiger partial charge in [0.1, 0.15) is 0 Å².